The third-order valence-electron chi connectivity index (χ3n) is 4.59. The third-order valence-corrected chi connectivity index (χ3v) is 5.99. The SMILES string of the molecule is Cc1ccc(S(=O)(=O)NCC(=O)OCC(=O)Nc2ccc3ccccc3c2)cc1C. The highest BCUT2D eigenvalue weighted by Gasteiger charge is 2.17. The molecule has 0 aromatic heterocycles. The number of hydrogen-bond acceptors (Lipinski definition) is 5. The van der Waals surface area contributed by atoms with Crippen LogP contribution >= 0.6 is 0 Å². The standard InChI is InChI=1S/C22H22N2O5S/c1-15-7-10-20(11-16(15)2)30(27,28)23-13-22(26)29-14-21(25)24-19-9-8-17-5-3-4-6-18(17)12-19/h3-12,23H,13-14H2,1-2H3,(H,24,25). The number of benzene rings is 3. The molecule has 3 rings (SSSR count). The van der Waals surface area contributed by atoms with E-state index in [0.29, 0.717) is 5.69 Å². The van der Waals surface area contributed by atoms with Gasteiger partial charge in [0.25, 0.3) is 5.91 Å². The van der Waals surface area contributed by atoms with Crippen molar-refractivity contribution in [2.45, 2.75) is 18.7 Å². The molecule has 0 radical (unpaired) electrons. The number of rotatable bonds is 7. The maximum absolute atomic E-state index is 12.3. The van der Waals surface area contributed by atoms with Crippen molar-refractivity contribution >= 4 is 38.4 Å². The highest BCUT2D eigenvalue weighted by atomic mass is 32.2. The molecule has 0 aliphatic heterocycles. The van der Waals surface area contributed by atoms with Crippen LogP contribution in [0.15, 0.2) is 65.6 Å². The molecule has 1 amide bonds. The average Bonchev–Trinajstić information content (AvgIpc) is 2.72. The summed E-state index contributed by atoms with van der Waals surface area (Å²) in [6.45, 7) is 2.59. The van der Waals surface area contributed by atoms with E-state index in [1.54, 1.807) is 19.1 Å². The summed E-state index contributed by atoms with van der Waals surface area (Å²) in [6.07, 6.45) is 0. The molecular formula is C22H22N2O5S. The van der Waals surface area contributed by atoms with E-state index in [-0.39, 0.29) is 4.90 Å². The van der Waals surface area contributed by atoms with Gasteiger partial charge in [0.15, 0.2) is 6.61 Å². The molecule has 30 heavy (non-hydrogen) atoms. The highest BCUT2D eigenvalue weighted by molar-refractivity contribution is 7.89. The number of aryl methyl sites for hydroxylation is 2. The van der Waals surface area contributed by atoms with Crippen LogP contribution < -0.4 is 10.0 Å². The topological polar surface area (TPSA) is 102 Å². The van der Waals surface area contributed by atoms with Crippen molar-refractivity contribution in [2.75, 3.05) is 18.5 Å². The van der Waals surface area contributed by atoms with Gasteiger partial charge in [0.2, 0.25) is 10.0 Å². The Labute approximate surface area is 175 Å². The van der Waals surface area contributed by atoms with E-state index >= 15 is 0 Å². The van der Waals surface area contributed by atoms with E-state index in [1.807, 2.05) is 43.3 Å². The molecule has 2 N–H and O–H groups in total. The average molecular weight is 426 g/mol. The lowest BCUT2D eigenvalue weighted by atomic mass is 10.1. The van der Waals surface area contributed by atoms with Crippen LogP contribution in [0.5, 0.6) is 0 Å². The first-order chi connectivity index (χ1) is 14.2. The Morgan fingerprint density at radius 3 is 2.37 bits per heavy atom. The number of ether oxygens (including phenoxy) is 1. The van der Waals surface area contributed by atoms with Crippen LogP contribution in [0, 0.1) is 13.8 Å². The number of esters is 1. The Bertz CT molecular complexity index is 1210. The van der Waals surface area contributed by atoms with Crippen molar-refractivity contribution in [3.05, 3.63) is 71.8 Å². The lowest BCUT2D eigenvalue weighted by molar-refractivity contribution is -0.146. The first-order valence-corrected chi connectivity index (χ1v) is 10.7. The normalized spacial score (nSPS) is 11.3. The molecule has 156 valence electrons. The Kier molecular flexibility index (Phi) is 6.49. The fraction of sp³-hybridized carbons (Fsp3) is 0.182. The van der Waals surface area contributed by atoms with Crippen molar-refractivity contribution < 1.29 is 22.7 Å². The van der Waals surface area contributed by atoms with Crippen LogP contribution in [-0.2, 0) is 24.3 Å². The predicted octanol–water partition coefficient (Wildman–Crippen LogP) is 2.92. The van der Waals surface area contributed by atoms with Gasteiger partial charge in [-0.1, -0.05) is 36.4 Å². The van der Waals surface area contributed by atoms with Gasteiger partial charge in [0.05, 0.1) is 4.90 Å². The number of fused-ring (bicyclic) bond motifs is 1. The Morgan fingerprint density at radius 1 is 0.900 bits per heavy atom. The summed E-state index contributed by atoms with van der Waals surface area (Å²) in [6, 6.07) is 17.8. The molecule has 0 heterocycles. The molecule has 7 nitrogen and oxygen atoms in total. The van der Waals surface area contributed by atoms with Crippen LogP contribution in [-0.4, -0.2) is 33.4 Å². The summed E-state index contributed by atoms with van der Waals surface area (Å²) < 4.78 is 31.6. The Balaban J connectivity index is 1.49. The molecule has 0 saturated heterocycles. The summed E-state index contributed by atoms with van der Waals surface area (Å²) in [5.74, 6) is -1.37. The van der Waals surface area contributed by atoms with Crippen LogP contribution in [0.1, 0.15) is 11.1 Å². The molecule has 0 unspecified atom stereocenters. The molecule has 3 aromatic carbocycles. The van der Waals surface area contributed by atoms with Crippen LogP contribution in [0.2, 0.25) is 0 Å². The van der Waals surface area contributed by atoms with Gasteiger partial charge in [-0.3, -0.25) is 9.59 Å². The quantitative estimate of drug-likeness (QED) is 0.566. The number of hydrogen-bond donors (Lipinski definition) is 2. The molecule has 3 aromatic rings. The first-order valence-electron chi connectivity index (χ1n) is 9.26. The van der Waals surface area contributed by atoms with Gasteiger partial charge in [-0.25, -0.2) is 8.42 Å². The van der Waals surface area contributed by atoms with E-state index < -0.39 is 35.1 Å². The molecule has 0 aliphatic carbocycles. The van der Waals surface area contributed by atoms with Crippen LogP contribution in [0.3, 0.4) is 0 Å². The van der Waals surface area contributed by atoms with E-state index in [4.69, 9.17) is 4.74 Å². The summed E-state index contributed by atoms with van der Waals surface area (Å²) in [5.41, 5.74) is 2.36. The van der Waals surface area contributed by atoms with Gasteiger partial charge in [-0.15, -0.1) is 0 Å². The van der Waals surface area contributed by atoms with E-state index in [9.17, 15) is 18.0 Å². The molecular weight excluding hydrogens is 404 g/mol. The maximum Gasteiger partial charge on any atom is 0.321 e. The first kappa shape index (κ1) is 21.5. The van der Waals surface area contributed by atoms with Crippen molar-refractivity contribution in [2.24, 2.45) is 0 Å². The van der Waals surface area contributed by atoms with Crippen molar-refractivity contribution in [1.82, 2.24) is 4.72 Å². The van der Waals surface area contributed by atoms with E-state index in [0.717, 1.165) is 21.9 Å². The third kappa shape index (κ3) is 5.43. The minimum atomic E-state index is -3.85. The summed E-state index contributed by atoms with van der Waals surface area (Å²) in [4.78, 5) is 23.9. The second kappa shape index (κ2) is 9.06. The molecule has 0 bridgehead atoms. The number of carbonyl (C=O) groups excluding carboxylic acids is 2. The Morgan fingerprint density at radius 2 is 1.63 bits per heavy atom. The summed E-state index contributed by atoms with van der Waals surface area (Å²) in [7, 11) is -3.85. The monoisotopic (exact) mass is 426 g/mol. The van der Waals surface area contributed by atoms with Crippen LogP contribution in [0.25, 0.3) is 10.8 Å². The molecule has 0 aliphatic rings. The van der Waals surface area contributed by atoms with Gasteiger partial charge < -0.3 is 10.1 Å². The second-order valence-corrected chi connectivity index (χ2v) is 8.61. The summed E-state index contributed by atoms with van der Waals surface area (Å²) >= 11 is 0. The lowest BCUT2D eigenvalue weighted by Gasteiger charge is -2.09. The van der Waals surface area contributed by atoms with Gasteiger partial charge >= 0.3 is 5.97 Å². The molecule has 0 saturated carbocycles. The highest BCUT2D eigenvalue weighted by Crippen LogP contribution is 2.18. The smallest absolute Gasteiger partial charge is 0.321 e. The maximum atomic E-state index is 12.3. The van der Waals surface area contributed by atoms with Crippen LogP contribution in [0.4, 0.5) is 5.69 Å². The molecule has 0 atom stereocenters. The number of amides is 1. The largest absolute Gasteiger partial charge is 0.455 e. The van der Waals surface area contributed by atoms with Crippen molar-refractivity contribution in [3.8, 4) is 0 Å². The number of nitrogens with one attached hydrogen (secondary N) is 2. The zero-order valence-electron chi connectivity index (χ0n) is 16.6. The lowest BCUT2D eigenvalue weighted by Crippen LogP contribution is -2.32. The fourth-order valence-corrected chi connectivity index (χ4v) is 3.83. The fourth-order valence-electron chi connectivity index (χ4n) is 2.78. The van der Waals surface area contributed by atoms with Gasteiger partial charge in [-0.2, -0.15) is 4.72 Å². The Hall–Kier alpha value is -3.23. The molecule has 8 heteroatoms. The molecule has 0 spiro atoms. The van der Waals surface area contributed by atoms with Gasteiger partial charge in [0.1, 0.15) is 6.54 Å². The minimum absolute atomic E-state index is 0.0625. The predicted molar refractivity (Wildman–Crippen MR) is 115 cm³/mol. The van der Waals surface area contributed by atoms with Gasteiger partial charge in [-0.05, 0) is 60.0 Å². The summed E-state index contributed by atoms with van der Waals surface area (Å²) in [5, 5.41) is 4.65. The number of carbonyl (C=O) groups is 2. The molecule has 0 fully saturated rings. The van der Waals surface area contributed by atoms with Crippen molar-refractivity contribution in [1.29, 1.82) is 0 Å². The van der Waals surface area contributed by atoms with E-state index in [2.05, 4.69) is 10.0 Å². The van der Waals surface area contributed by atoms with E-state index in [1.165, 1.54) is 12.1 Å². The second-order valence-electron chi connectivity index (χ2n) is 6.84. The van der Waals surface area contributed by atoms with Crippen molar-refractivity contribution in [3.63, 3.8) is 0 Å². The number of sulfonamides is 1. The minimum Gasteiger partial charge on any atom is -0.455 e. The zero-order valence-corrected chi connectivity index (χ0v) is 17.5. The number of anilines is 1. The zero-order chi connectivity index (χ0) is 21.7. The van der Waals surface area contributed by atoms with Gasteiger partial charge in [0, 0.05) is 5.69 Å².